The van der Waals surface area contributed by atoms with Gasteiger partial charge in [-0.05, 0) is 18.6 Å². The molecule has 0 spiro atoms. The van der Waals surface area contributed by atoms with Crippen molar-refractivity contribution < 1.29 is 4.79 Å². The van der Waals surface area contributed by atoms with Gasteiger partial charge in [-0.1, -0.05) is 29.8 Å². The smallest absolute Gasteiger partial charge is 0.239 e. The maximum absolute atomic E-state index is 11.8. The number of rotatable bonds is 3. The summed E-state index contributed by atoms with van der Waals surface area (Å²) < 4.78 is 0. The van der Waals surface area contributed by atoms with Gasteiger partial charge in [0.2, 0.25) is 5.91 Å². The molecule has 0 aliphatic carbocycles. The second-order valence-electron chi connectivity index (χ2n) is 4.98. The third-order valence-corrected chi connectivity index (χ3v) is 3.79. The van der Waals surface area contributed by atoms with Gasteiger partial charge < -0.3 is 10.6 Å². The van der Waals surface area contributed by atoms with Crippen LogP contribution in [0.3, 0.4) is 0 Å². The lowest BCUT2D eigenvalue weighted by Crippen LogP contribution is -2.52. The van der Waals surface area contributed by atoms with Crippen LogP contribution in [-0.2, 0) is 11.3 Å². The number of benzene rings is 1. The first-order valence-electron chi connectivity index (χ1n) is 6.58. The predicted octanol–water partition coefficient (Wildman–Crippen LogP) is 1.75. The highest BCUT2D eigenvalue weighted by molar-refractivity contribution is 6.31. The Morgan fingerprint density at radius 1 is 1.30 bits per heavy atom. The lowest BCUT2D eigenvalue weighted by Gasteiger charge is -2.35. The highest BCUT2D eigenvalue weighted by Gasteiger charge is 2.23. The predicted molar refractivity (Wildman–Crippen MR) is 84.2 cm³/mol. The van der Waals surface area contributed by atoms with E-state index in [4.69, 9.17) is 17.3 Å². The third kappa shape index (κ3) is 4.35. The number of hydrogen-bond acceptors (Lipinski definition) is 3. The molecular formula is C14H21Cl2N3O. The van der Waals surface area contributed by atoms with Gasteiger partial charge in [-0.3, -0.25) is 9.69 Å². The van der Waals surface area contributed by atoms with Crippen LogP contribution in [0.15, 0.2) is 24.3 Å². The standard InChI is InChI=1S/C14H20ClN3O.ClH/c1-11(16)14(19)18-8-6-17(7-9-18)10-12-4-2-3-5-13(12)15;/h2-5,11H,6-10,16H2,1H3;1H/t11-;/m1./s1. The molecule has 1 atom stereocenters. The molecule has 1 aliphatic heterocycles. The molecule has 1 heterocycles. The molecule has 6 heteroatoms. The Kier molecular flexibility index (Phi) is 6.76. The normalized spacial score (nSPS) is 17.4. The van der Waals surface area contributed by atoms with Crippen LogP contribution in [0.25, 0.3) is 0 Å². The fourth-order valence-electron chi connectivity index (χ4n) is 2.28. The molecule has 112 valence electrons. The van der Waals surface area contributed by atoms with Crippen LogP contribution >= 0.6 is 24.0 Å². The van der Waals surface area contributed by atoms with E-state index < -0.39 is 6.04 Å². The average molecular weight is 318 g/mol. The molecule has 2 rings (SSSR count). The van der Waals surface area contributed by atoms with Crippen molar-refractivity contribution in [3.05, 3.63) is 34.9 Å². The zero-order valence-electron chi connectivity index (χ0n) is 11.6. The van der Waals surface area contributed by atoms with Gasteiger partial charge in [-0.15, -0.1) is 12.4 Å². The minimum atomic E-state index is -0.407. The topological polar surface area (TPSA) is 49.6 Å². The SMILES string of the molecule is C[C@@H](N)C(=O)N1CCN(Cc2ccccc2Cl)CC1.Cl. The molecule has 0 bridgehead atoms. The van der Waals surface area contributed by atoms with E-state index in [1.807, 2.05) is 29.2 Å². The number of nitrogens with zero attached hydrogens (tertiary/aromatic N) is 2. The fraction of sp³-hybridized carbons (Fsp3) is 0.500. The summed E-state index contributed by atoms with van der Waals surface area (Å²) in [5.41, 5.74) is 6.76. The quantitative estimate of drug-likeness (QED) is 0.924. The molecule has 0 aromatic heterocycles. The van der Waals surface area contributed by atoms with E-state index in [1.54, 1.807) is 6.92 Å². The molecular weight excluding hydrogens is 297 g/mol. The second-order valence-corrected chi connectivity index (χ2v) is 5.39. The molecule has 20 heavy (non-hydrogen) atoms. The van der Waals surface area contributed by atoms with Gasteiger partial charge in [0.05, 0.1) is 6.04 Å². The summed E-state index contributed by atoms with van der Waals surface area (Å²) in [5, 5.41) is 0.802. The van der Waals surface area contributed by atoms with E-state index >= 15 is 0 Å². The van der Waals surface area contributed by atoms with Crippen LogP contribution in [0.2, 0.25) is 5.02 Å². The van der Waals surface area contributed by atoms with Crippen LogP contribution < -0.4 is 5.73 Å². The minimum absolute atomic E-state index is 0. The van der Waals surface area contributed by atoms with Crippen molar-refractivity contribution in [3.63, 3.8) is 0 Å². The van der Waals surface area contributed by atoms with Crippen molar-refractivity contribution in [3.8, 4) is 0 Å². The van der Waals surface area contributed by atoms with Crippen molar-refractivity contribution in [2.45, 2.75) is 19.5 Å². The van der Waals surface area contributed by atoms with Crippen LogP contribution in [0, 0.1) is 0 Å². The van der Waals surface area contributed by atoms with E-state index in [2.05, 4.69) is 4.90 Å². The van der Waals surface area contributed by atoms with Crippen molar-refractivity contribution in [2.75, 3.05) is 26.2 Å². The molecule has 1 amide bonds. The van der Waals surface area contributed by atoms with Crippen molar-refractivity contribution >= 4 is 29.9 Å². The molecule has 1 fully saturated rings. The zero-order chi connectivity index (χ0) is 13.8. The van der Waals surface area contributed by atoms with Gasteiger partial charge in [0.15, 0.2) is 0 Å². The maximum Gasteiger partial charge on any atom is 0.239 e. The molecule has 1 aromatic rings. The van der Waals surface area contributed by atoms with Crippen LogP contribution in [0.1, 0.15) is 12.5 Å². The second kappa shape index (κ2) is 7.84. The van der Waals surface area contributed by atoms with E-state index in [1.165, 1.54) is 0 Å². The Bertz CT molecular complexity index is 446. The summed E-state index contributed by atoms with van der Waals surface area (Å²) in [5.74, 6) is 0.0393. The molecule has 1 aliphatic rings. The highest BCUT2D eigenvalue weighted by atomic mass is 35.5. The minimum Gasteiger partial charge on any atom is -0.339 e. The molecule has 0 unspecified atom stereocenters. The Morgan fingerprint density at radius 2 is 1.90 bits per heavy atom. The number of piperazine rings is 1. The van der Waals surface area contributed by atoms with Crippen molar-refractivity contribution in [1.82, 2.24) is 9.80 Å². The number of amides is 1. The van der Waals surface area contributed by atoms with Gasteiger partial charge >= 0.3 is 0 Å². The summed E-state index contributed by atoms with van der Waals surface area (Å²) in [6.07, 6.45) is 0. The number of hydrogen-bond donors (Lipinski definition) is 1. The van der Waals surface area contributed by atoms with Gasteiger partial charge in [0.25, 0.3) is 0 Å². The highest BCUT2D eigenvalue weighted by Crippen LogP contribution is 2.17. The Morgan fingerprint density at radius 3 is 2.45 bits per heavy atom. The average Bonchev–Trinajstić information content (AvgIpc) is 2.41. The summed E-state index contributed by atoms with van der Waals surface area (Å²) in [6, 6.07) is 7.48. The first kappa shape index (κ1) is 17.2. The monoisotopic (exact) mass is 317 g/mol. The first-order valence-corrected chi connectivity index (χ1v) is 6.96. The first-order chi connectivity index (χ1) is 9.08. The lowest BCUT2D eigenvalue weighted by molar-refractivity contribution is -0.134. The van der Waals surface area contributed by atoms with Crippen molar-refractivity contribution in [2.24, 2.45) is 5.73 Å². The molecule has 2 N–H and O–H groups in total. The zero-order valence-corrected chi connectivity index (χ0v) is 13.2. The number of nitrogens with two attached hydrogens (primary N) is 1. The Hall–Kier alpha value is -0.810. The van der Waals surface area contributed by atoms with E-state index in [9.17, 15) is 4.79 Å². The van der Waals surface area contributed by atoms with Crippen LogP contribution in [-0.4, -0.2) is 47.9 Å². The van der Waals surface area contributed by atoms with E-state index in [0.29, 0.717) is 0 Å². The van der Waals surface area contributed by atoms with E-state index in [-0.39, 0.29) is 18.3 Å². The van der Waals surface area contributed by atoms with Gasteiger partial charge in [0.1, 0.15) is 0 Å². The summed E-state index contributed by atoms with van der Waals surface area (Å²) in [7, 11) is 0. The van der Waals surface area contributed by atoms with Gasteiger partial charge in [-0.2, -0.15) is 0 Å². The molecule has 1 aromatic carbocycles. The largest absolute Gasteiger partial charge is 0.339 e. The molecule has 0 saturated carbocycles. The Labute approximate surface area is 131 Å². The third-order valence-electron chi connectivity index (χ3n) is 3.43. The Balaban J connectivity index is 0.00000200. The van der Waals surface area contributed by atoms with Gasteiger partial charge in [0, 0.05) is 37.7 Å². The lowest BCUT2D eigenvalue weighted by atomic mass is 10.2. The summed E-state index contributed by atoms with van der Waals surface area (Å²) >= 11 is 6.16. The molecule has 4 nitrogen and oxygen atoms in total. The van der Waals surface area contributed by atoms with Crippen molar-refractivity contribution in [1.29, 1.82) is 0 Å². The number of carbonyl (C=O) groups excluding carboxylic acids is 1. The summed E-state index contributed by atoms with van der Waals surface area (Å²) in [4.78, 5) is 15.9. The number of carbonyl (C=O) groups is 1. The molecule has 0 radical (unpaired) electrons. The van der Waals surface area contributed by atoms with Gasteiger partial charge in [-0.25, -0.2) is 0 Å². The number of halogens is 2. The van der Waals surface area contributed by atoms with Crippen LogP contribution in [0.5, 0.6) is 0 Å². The van der Waals surface area contributed by atoms with Crippen LogP contribution in [0.4, 0.5) is 0 Å². The fourth-order valence-corrected chi connectivity index (χ4v) is 2.48. The van der Waals surface area contributed by atoms with E-state index in [0.717, 1.165) is 43.3 Å². The maximum atomic E-state index is 11.8. The summed E-state index contributed by atoms with van der Waals surface area (Å²) in [6.45, 7) is 5.78. The molecule has 1 saturated heterocycles.